The molecule has 0 atom stereocenters. The Labute approximate surface area is 104 Å². The van der Waals surface area contributed by atoms with Crippen LogP contribution in [0, 0.1) is 0 Å². The number of rotatable bonds is 5. The van der Waals surface area contributed by atoms with Crippen molar-refractivity contribution in [3.8, 4) is 0 Å². The summed E-state index contributed by atoms with van der Waals surface area (Å²) in [7, 11) is 1.59. The molecule has 0 aliphatic heterocycles. The molecule has 0 bridgehead atoms. The molecule has 0 unspecified atom stereocenters. The molecule has 1 N–H and O–H groups in total. The first-order valence-electron chi connectivity index (χ1n) is 5.02. The molecule has 0 saturated heterocycles. The number of pyridine rings is 1. The summed E-state index contributed by atoms with van der Waals surface area (Å²) in [5.74, 6) is -1.12. The van der Waals surface area contributed by atoms with E-state index >= 15 is 0 Å². The minimum atomic E-state index is -0.916. The first-order chi connectivity index (χ1) is 8.06. The van der Waals surface area contributed by atoms with Gasteiger partial charge in [-0.3, -0.25) is 9.59 Å². The zero-order valence-corrected chi connectivity index (χ0v) is 10.5. The lowest BCUT2D eigenvalue weighted by Gasteiger charge is -2.17. The Bertz CT molecular complexity index is 423. The van der Waals surface area contributed by atoms with Gasteiger partial charge in [0.2, 0.25) is 0 Å². The Morgan fingerprint density at radius 1 is 1.53 bits per heavy atom. The monoisotopic (exact) mass is 254 g/mol. The topological polar surface area (TPSA) is 70.5 Å². The van der Waals surface area contributed by atoms with Gasteiger partial charge in [0.05, 0.1) is 12.0 Å². The van der Waals surface area contributed by atoms with Crippen molar-refractivity contribution in [1.29, 1.82) is 0 Å². The summed E-state index contributed by atoms with van der Waals surface area (Å²) >= 11 is 1.39. The highest BCUT2D eigenvalue weighted by Gasteiger charge is 2.16. The van der Waals surface area contributed by atoms with E-state index < -0.39 is 5.97 Å². The number of aromatic nitrogens is 1. The van der Waals surface area contributed by atoms with E-state index in [4.69, 9.17) is 5.11 Å². The average molecular weight is 254 g/mol. The molecule has 17 heavy (non-hydrogen) atoms. The molecule has 0 aliphatic carbocycles. The Kier molecular flexibility index (Phi) is 4.96. The predicted octanol–water partition coefficient (Wildman–Crippen LogP) is 1.35. The van der Waals surface area contributed by atoms with E-state index in [0.717, 1.165) is 0 Å². The van der Waals surface area contributed by atoms with E-state index in [1.54, 1.807) is 25.4 Å². The highest BCUT2D eigenvalue weighted by molar-refractivity contribution is 7.98. The summed E-state index contributed by atoms with van der Waals surface area (Å²) in [6.45, 7) is 0.191. The number of thioether (sulfide) groups is 1. The summed E-state index contributed by atoms with van der Waals surface area (Å²) < 4.78 is 0. The standard InChI is InChI=1S/C11H14N2O3S/c1-13(7-5-9(14)15)11(16)8-4-3-6-12-10(8)17-2/h3-4,6H,5,7H2,1-2H3,(H,14,15). The maximum Gasteiger partial charge on any atom is 0.305 e. The van der Waals surface area contributed by atoms with Crippen molar-refractivity contribution < 1.29 is 14.7 Å². The first kappa shape index (κ1) is 13.5. The van der Waals surface area contributed by atoms with Gasteiger partial charge in [0.1, 0.15) is 5.03 Å². The van der Waals surface area contributed by atoms with Crippen LogP contribution in [0.2, 0.25) is 0 Å². The van der Waals surface area contributed by atoms with Crippen LogP contribution in [0.15, 0.2) is 23.4 Å². The van der Waals surface area contributed by atoms with Crippen LogP contribution in [-0.4, -0.2) is 46.7 Å². The van der Waals surface area contributed by atoms with E-state index in [9.17, 15) is 9.59 Å². The fourth-order valence-corrected chi connectivity index (χ4v) is 1.83. The van der Waals surface area contributed by atoms with Gasteiger partial charge in [-0.15, -0.1) is 11.8 Å². The van der Waals surface area contributed by atoms with Gasteiger partial charge in [0.25, 0.3) is 5.91 Å². The molecule has 92 valence electrons. The van der Waals surface area contributed by atoms with Gasteiger partial charge in [-0.1, -0.05) is 0 Å². The van der Waals surface area contributed by atoms with Crippen molar-refractivity contribution in [3.05, 3.63) is 23.9 Å². The number of aliphatic carboxylic acids is 1. The molecule has 1 rings (SSSR count). The third-order valence-electron chi connectivity index (χ3n) is 2.20. The van der Waals surface area contributed by atoms with Crippen LogP contribution < -0.4 is 0 Å². The number of carbonyl (C=O) groups excluding carboxylic acids is 1. The van der Waals surface area contributed by atoms with E-state index in [-0.39, 0.29) is 18.9 Å². The van der Waals surface area contributed by atoms with Gasteiger partial charge in [-0.2, -0.15) is 0 Å². The number of carbonyl (C=O) groups is 2. The second-order valence-electron chi connectivity index (χ2n) is 3.43. The molecule has 1 heterocycles. The molecular weight excluding hydrogens is 240 g/mol. The second-order valence-corrected chi connectivity index (χ2v) is 4.23. The van der Waals surface area contributed by atoms with E-state index in [0.29, 0.717) is 10.6 Å². The fraction of sp³-hybridized carbons (Fsp3) is 0.364. The summed E-state index contributed by atoms with van der Waals surface area (Å²) in [5, 5.41) is 9.21. The minimum Gasteiger partial charge on any atom is -0.481 e. The summed E-state index contributed by atoms with van der Waals surface area (Å²) in [6, 6.07) is 3.39. The van der Waals surface area contributed by atoms with Crippen LogP contribution in [-0.2, 0) is 4.79 Å². The van der Waals surface area contributed by atoms with Crippen LogP contribution in [0.25, 0.3) is 0 Å². The normalized spacial score (nSPS) is 10.0. The Morgan fingerprint density at radius 2 is 2.24 bits per heavy atom. The molecule has 5 nitrogen and oxygen atoms in total. The highest BCUT2D eigenvalue weighted by atomic mass is 32.2. The largest absolute Gasteiger partial charge is 0.481 e. The SMILES string of the molecule is CSc1ncccc1C(=O)N(C)CCC(=O)O. The maximum atomic E-state index is 12.0. The van der Waals surface area contributed by atoms with Crippen molar-refractivity contribution in [2.75, 3.05) is 19.8 Å². The van der Waals surface area contributed by atoms with Crippen LogP contribution in [0.5, 0.6) is 0 Å². The molecule has 1 amide bonds. The molecule has 0 radical (unpaired) electrons. The van der Waals surface area contributed by atoms with Gasteiger partial charge in [-0.05, 0) is 18.4 Å². The van der Waals surface area contributed by atoms with E-state index in [2.05, 4.69) is 4.98 Å². The second kappa shape index (κ2) is 6.24. The number of amides is 1. The van der Waals surface area contributed by atoms with Crippen LogP contribution >= 0.6 is 11.8 Å². The third kappa shape index (κ3) is 3.74. The molecule has 0 aliphatic rings. The number of hydrogen-bond acceptors (Lipinski definition) is 4. The van der Waals surface area contributed by atoms with E-state index in [1.165, 1.54) is 16.7 Å². The number of hydrogen-bond donors (Lipinski definition) is 1. The van der Waals surface area contributed by atoms with Gasteiger partial charge in [-0.25, -0.2) is 4.98 Å². The lowest BCUT2D eigenvalue weighted by molar-refractivity contribution is -0.137. The first-order valence-corrected chi connectivity index (χ1v) is 6.25. The zero-order valence-electron chi connectivity index (χ0n) is 9.71. The quantitative estimate of drug-likeness (QED) is 0.803. The van der Waals surface area contributed by atoms with Gasteiger partial charge in [0, 0.05) is 19.8 Å². The van der Waals surface area contributed by atoms with Crippen LogP contribution in [0.1, 0.15) is 16.8 Å². The average Bonchev–Trinajstić information content (AvgIpc) is 2.34. The van der Waals surface area contributed by atoms with Crippen molar-refractivity contribution in [2.45, 2.75) is 11.4 Å². The van der Waals surface area contributed by atoms with Gasteiger partial charge < -0.3 is 10.0 Å². The highest BCUT2D eigenvalue weighted by Crippen LogP contribution is 2.18. The van der Waals surface area contributed by atoms with Crippen LogP contribution in [0.3, 0.4) is 0 Å². The summed E-state index contributed by atoms with van der Waals surface area (Å²) in [6.07, 6.45) is 3.41. The summed E-state index contributed by atoms with van der Waals surface area (Å²) in [5.41, 5.74) is 0.507. The molecule has 1 aromatic rings. The third-order valence-corrected chi connectivity index (χ3v) is 2.91. The van der Waals surface area contributed by atoms with Crippen molar-refractivity contribution >= 4 is 23.6 Å². The minimum absolute atomic E-state index is 0.0584. The summed E-state index contributed by atoms with van der Waals surface area (Å²) in [4.78, 5) is 27.9. The van der Waals surface area contributed by atoms with Crippen molar-refractivity contribution in [3.63, 3.8) is 0 Å². The molecule has 0 spiro atoms. The Morgan fingerprint density at radius 3 is 2.82 bits per heavy atom. The molecule has 6 heteroatoms. The zero-order chi connectivity index (χ0) is 12.8. The van der Waals surface area contributed by atoms with Crippen LogP contribution in [0.4, 0.5) is 0 Å². The number of carboxylic acids is 1. The Hall–Kier alpha value is -1.56. The lowest BCUT2D eigenvalue weighted by atomic mass is 10.2. The maximum absolute atomic E-state index is 12.0. The van der Waals surface area contributed by atoms with E-state index in [1.807, 2.05) is 6.26 Å². The lowest BCUT2D eigenvalue weighted by Crippen LogP contribution is -2.29. The Balaban J connectivity index is 2.77. The molecular formula is C11H14N2O3S. The predicted molar refractivity (Wildman–Crippen MR) is 65.2 cm³/mol. The fourth-order valence-electron chi connectivity index (χ4n) is 1.29. The number of carboxylic acid groups (broad SMARTS) is 1. The van der Waals surface area contributed by atoms with Crippen molar-refractivity contribution in [1.82, 2.24) is 9.88 Å². The van der Waals surface area contributed by atoms with Crippen molar-refractivity contribution in [2.24, 2.45) is 0 Å². The molecule has 0 fully saturated rings. The molecule has 0 saturated carbocycles. The van der Waals surface area contributed by atoms with Gasteiger partial charge >= 0.3 is 5.97 Å². The van der Waals surface area contributed by atoms with Gasteiger partial charge in [0.15, 0.2) is 0 Å². The molecule has 1 aromatic heterocycles. The smallest absolute Gasteiger partial charge is 0.305 e. The molecule has 0 aromatic carbocycles. The number of nitrogens with zero attached hydrogens (tertiary/aromatic N) is 2.